The highest BCUT2D eigenvalue weighted by atomic mass is 14.4. The molecule has 0 saturated heterocycles. The van der Waals surface area contributed by atoms with Gasteiger partial charge in [0.15, 0.2) is 0 Å². The number of benzene rings is 28. The molecule has 0 heterocycles. The van der Waals surface area contributed by atoms with E-state index in [2.05, 4.69) is 572 Å². The summed E-state index contributed by atoms with van der Waals surface area (Å²) < 4.78 is 0. The molecule has 686 valence electrons. The molecular weight excluding hydrogens is 1770 g/mol. The van der Waals surface area contributed by atoms with Gasteiger partial charge in [0, 0.05) is 5.41 Å². The third-order valence-corrected chi connectivity index (χ3v) is 31.1. The average molecular weight is 1860 g/mol. The summed E-state index contributed by atoms with van der Waals surface area (Å²) in [7, 11) is 0. The first-order chi connectivity index (χ1) is 72.7. The van der Waals surface area contributed by atoms with E-state index < -0.39 is 0 Å². The van der Waals surface area contributed by atoms with Gasteiger partial charge >= 0.3 is 0 Å². The molecule has 0 fully saturated rings. The second-order valence-electron chi connectivity index (χ2n) is 39.7. The Balaban J connectivity index is 0.000000110. The van der Waals surface area contributed by atoms with Gasteiger partial charge in [-0.25, -0.2) is 0 Å². The third-order valence-electron chi connectivity index (χ3n) is 31.1. The summed E-state index contributed by atoms with van der Waals surface area (Å²) in [5.74, 6) is 0. The SMILES string of the molecule is CC1(C)c2cc(-c3ccccc3)ccc2-c2ccc(-c3ccc4c(-c5ccccc5)c5ccccc5c(-c5ccccc5)c4c3)cc21.c1ccc(-c2c3ccccc3c(-c3ccccc3)c3cc(-c4ccc(-c5c6ccccc6c(-c6cccc7ccccc67)c6ccccc56)cc4)ccc23)cc1.c1ccc2cc(-c3c4ccccc4c(-c4ccc5ccccc5c4)c4cc(-c5cccc6ccccc56)ccc34)ccc2c1. The molecule has 0 spiro atoms. The zero-order valence-corrected chi connectivity index (χ0v) is 81.6. The fraction of sp³-hybridized carbons (Fsp3) is 0.0204. The van der Waals surface area contributed by atoms with Crippen LogP contribution in [0.4, 0.5) is 0 Å². The molecule has 0 N–H and O–H groups in total. The predicted octanol–water partition coefficient (Wildman–Crippen LogP) is 41.2. The summed E-state index contributed by atoms with van der Waals surface area (Å²) in [5, 5.41) is 30.4. The number of rotatable bonds is 12. The van der Waals surface area contributed by atoms with Crippen molar-refractivity contribution >= 4 is 129 Å². The van der Waals surface area contributed by atoms with E-state index in [4.69, 9.17) is 0 Å². The lowest BCUT2D eigenvalue weighted by Gasteiger charge is -2.23. The number of hydrogen-bond acceptors (Lipinski definition) is 0. The zero-order chi connectivity index (χ0) is 97.6. The smallest absolute Gasteiger partial charge is 0.0159 e. The van der Waals surface area contributed by atoms with Crippen LogP contribution in [0.1, 0.15) is 25.0 Å². The lowest BCUT2D eigenvalue weighted by molar-refractivity contribution is 0.661. The van der Waals surface area contributed by atoms with E-state index in [1.54, 1.807) is 0 Å². The molecule has 0 saturated carbocycles. The standard InChI is InChI=1S/C56H36.C47H34.C44H28/c1-3-17-39(18-4-1)53-45-23-9-10-24-46(45)55(40-19-5-2-6-20-40)52-36-42(34-35-51(52)53)37-30-32-41(33-31-37)54-47-25-11-13-27-49(47)56(50-28-14-12-26-48(50)54)44-29-15-21-38-16-7-8-22-43(38)44;1-47(2)43-29-35(31-14-6-3-7-15-31)22-25-37(43)38-26-23-36(30-44(38)47)34-24-27-41-42(28-34)46(33-18-10-5-11-19-33)40-21-13-12-20-39(40)45(41)32-16-8-4-9-17-32;1-3-13-32-26-35(22-20-29(32)10-1)43-39-17-7-8-18-40(39)44(36-23-21-30-11-2-4-14-33(30)27-36)42-28-34(24-25-41(42)43)38-19-9-15-31-12-5-6-16-37(31)38/h1-36H;3-30H,1-2H3;1-28H. The maximum Gasteiger partial charge on any atom is 0.0159 e. The van der Waals surface area contributed by atoms with E-state index in [0.29, 0.717) is 0 Å². The lowest BCUT2D eigenvalue weighted by atomic mass is 9.80. The van der Waals surface area contributed by atoms with E-state index in [9.17, 15) is 0 Å². The molecular formula is C147H98. The Morgan fingerprint density at radius 1 is 0.102 bits per heavy atom. The van der Waals surface area contributed by atoms with Crippen molar-refractivity contribution in [2.24, 2.45) is 0 Å². The van der Waals surface area contributed by atoms with Crippen molar-refractivity contribution in [3.8, 4) is 145 Å². The van der Waals surface area contributed by atoms with Crippen molar-refractivity contribution in [2.45, 2.75) is 19.3 Å². The fourth-order valence-electron chi connectivity index (χ4n) is 24.2. The molecule has 0 aromatic heterocycles. The summed E-state index contributed by atoms with van der Waals surface area (Å²) in [6.07, 6.45) is 0. The molecule has 0 heteroatoms. The third kappa shape index (κ3) is 15.3. The molecule has 147 heavy (non-hydrogen) atoms. The molecule has 0 aliphatic heterocycles. The normalized spacial score (nSPS) is 12.1. The minimum Gasteiger partial charge on any atom is -0.0622 e. The van der Waals surface area contributed by atoms with Gasteiger partial charge in [-0.2, -0.15) is 0 Å². The summed E-state index contributed by atoms with van der Waals surface area (Å²) >= 11 is 0. The first kappa shape index (κ1) is 87.3. The predicted molar refractivity (Wildman–Crippen MR) is 632 cm³/mol. The minimum atomic E-state index is -0.103. The summed E-state index contributed by atoms with van der Waals surface area (Å²) in [5.41, 5.74) is 35.5. The Bertz CT molecular complexity index is 10000. The van der Waals surface area contributed by atoms with Gasteiger partial charge in [-0.15, -0.1) is 0 Å². The molecule has 1 aliphatic carbocycles. The number of hydrogen-bond donors (Lipinski definition) is 0. The van der Waals surface area contributed by atoms with Crippen LogP contribution >= 0.6 is 0 Å². The lowest BCUT2D eigenvalue weighted by Crippen LogP contribution is -2.15. The van der Waals surface area contributed by atoms with Gasteiger partial charge in [0.1, 0.15) is 0 Å². The summed E-state index contributed by atoms with van der Waals surface area (Å²) in [4.78, 5) is 0. The van der Waals surface area contributed by atoms with Gasteiger partial charge in [-0.1, -0.05) is 529 Å². The van der Waals surface area contributed by atoms with E-state index in [1.165, 1.54) is 285 Å². The van der Waals surface area contributed by atoms with Gasteiger partial charge in [-0.3, -0.25) is 0 Å². The van der Waals surface area contributed by atoms with Crippen LogP contribution in [0.5, 0.6) is 0 Å². The van der Waals surface area contributed by atoms with Crippen LogP contribution in [-0.4, -0.2) is 0 Å². The summed E-state index contributed by atoms with van der Waals surface area (Å²) in [6, 6.07) is 205. The Morgan fingerprint density at radius 2 is 0.320 bits per heavy atom. The monoisotopic (exact) mass is 1860 g/mol. The molecule has 0 bridgehead atoms. The molecule has 0 unspecified atom stereocenters. The van der Waals surface area contributed by atoms with Crippen molar-refractivity contribution < 1.29 is 0 Å². The first-order valence-electron chi connectivity index (χ1n) is 51.2. The highest BCUT2D eigenvalue weighted by molar-refractivity contribution is 6.28. The number of fused-ring (bicyclic) bond motifs is 15. The Labute approximate surface area is 856 Å². The van der Waals surface area contributed by atoms with E-state index in [0.717, 1.165) is 0 Å². The first-order valence-corrected chi connectivity index (χ1v) is 51.2. The van der Waals surface area contributed by atoms with Gasteiger partial charge in [0.05, 0.1) is 0 Å². The van der Waals surface area contributed by atoms with Crippen molar-refractivity contribution in [2.75, 3.05) is 0 Å². The van der Waals surface area contributed by atoms with Crippen LogP contribution < -0.4 is 0 Å². The quantitative estimate of drug-likeness (QED) is 0.107. The van der Waals surface area contributed by atoms with Crippen LogP contribution in [0.15, 0.2) is 558 Å². The van der Waals surface area contributed by atoms with Crippen LogP contribution in [-0.2, 0) is 5.41 Å². The van der Waals surface area contributed by atoms with Gasteiger partial charge in [-0.05, 0) is 328 Å². The van der Waals surface area contributed by atoms with Crippen LogP contribution in [0.2, 0.25) is 0 Å². The van der Waals surface area contributed by atoms with Crippen LogP contribution in [0.25, 0.3) is 274 Å². The van der Waals surface area contributed by atoms with Crippen molar-refractivity contribution in [3.63, 3.8) is 0 Å². The molecule has 0 amide bonds. The second kappa shape index (κ2) is 36.7. The van der Waals surface area contributed by atoms with Gasteiger partial charge < -0.3 is 0 Å². The largest absolute Gasteiger partial charge is 0.0622 e. The molecule has 0 radical (unpaired) electrons. The Hall–Kier alpha value is -18.7. The second-order valence-corrected chi connectivity index (χ2v) is 39.7. The molecule has 28 aromatic carbocycles. The molecule has 0 atom stereocenters. The molecule has 29 rings (SSSR count). The zero-order valence-electron chi connectivity index (χ0n) is 81.6. The van der Waals surface area contributed by atoms with Crippen molar-refractivity contribution in [1.29, 1.82) is 0 Å². The maximum atomic E-state index is 2.44. The summed E-state index contributed by atoms with van der Waals surface area (Å²) in [6.45, 7) is 4.75. The van der Waals surface area contributed by atoms with Crippen molar-refractivity contribution in [3.05, 3.63) is 569 Å². The van der Waals surface area contributed by atoms with E-state index >= 15 is 0 Å². The average Bonchev–Trinajstić information content (AvgIpc) is 1.53. The van der Waals surface area contributed by atoms with Gasteiger partial charge in [0.2, 0.25) is 0 Å². The molecule has 0 nitrogen and oxygen atoms in total. The Morgan fingerprint density at radius 3 is 0.707 bits per heavy atom. The van der Waals surface area contributed by atoms with E-state index in [1.807, 2.05) is 0 Å². The van der Waals surface area contributed by atoms with Crippen LogP contribution in [0.3, 0.4) is 0 Å². The van der Waals surface area contributed by atoms with Crippen molar-refractivity contribution in [1.82, 2.24) is 0 Å². The Kier molecular flexibility index (Phi) is 21.8. The van der Waals surface area contributed by atoms with Crippen LogP contribution in [0, 0.1) is 0 Å². The molecule has 28 aromatic rings. The topological polar surface area (TPSA) is 0 Å². The highest BCUT2D eigenvalue weighted by Crippen LogP contribution is 2.55. The fourth-order valence-corrected chi connectivity index (χ4v) is 24.2. The van der Waals surface area contributed by atoms with Gasteiger partial charge in [0.25, 0.3) is 0 Å². The maximum absolute atomic E-state index is 2.44. The minimum absolute atomic E-state index is 0.103. The highest BCUT2D eigenvalue weighted by Gasteiger charge is 2.37. The van der Waals surface area contributed by atoms with E-state index in [-0.39, 0.29) is 5.41 Å². The molecule has 1 aliphatic rings.